The molecule has 2 rings (SSSR count). The van der Waals surface area contributed by atoms with E-state index >= 15 is 0 Å². The number of rotatable bonds is 1. The molecular formula is C11H14N2OS. The molecule has 1 aliphatic heterocycles. The van der Waals surface area contributed by atoms with Crippen molar-refractivity contribution < 1.29 is 4.79 Å². The Bertz CT molecular complexity index is 404. The summed E-state index contributed by atoms with van der Waals surface area (Å²) < 4.78 is 0. The van der Waals surface area contributed by atoms with Crippen LogP contribution in [-0.2, 0) is 4.79 Å². The quantitative estimate of drug-likeness (QED) is 0.793. The fraction of sp³-hybridized carbons (Fsp3) is 0.455. The molecule has 0 saturated heterocycles. The van der Waals surface area contributed by atoms with Gasteiger partial charge in [0.05, 0.1) is 10.9 Å². The van der Waals surface area contributed by atoms with Gasteiger partial charge in [0.1, 0.15) is 5.03 Å². The number of nitrogens with one attached hydrogen (secondary N) is 1. The van der Waals surface area contributed by atoms with Crippen molar-refractivity contribution in [2.24, 2.45) is 5.92 Å². The number of anilines is 1. The van der Waals surface area contributed by atoms with E-state index in [1.165, 1.54) is 0 Å². The third-order valence-electron chi connectivity index (χ3n) is 2.48. The maximum atomic E-state index is 11.8. The lowest BCUT2D eigenvalue weighted by atomic mass is 10.1. The number of fused-ring (bicyclic) bond motifs is 1. The predicted molar refractivity (Wildman–Crippen MR) is 62.1 cm³/mol. The van der Waals surface area contributed by atoms with Gasteiger partial charge in [-0.1, -0.05) is 25.6 Å². The smallest absolute Gasteiger partial charge is 0.238 e. The van der Waals surface area contributed by atoms with E-state index in [1.807, 2.05) is 13.0 Å². The Morgan fingerprint density at radius 1 is 1.53 bits per heavy atom. The molecule has 0 bridgehead atoms. The molecule has 1 atom stereocenters. The molecule has 2 heterocycles. The summed E-state index contributed by atoms with van der Waals surface area (Å²) in [5.41, 5.74) is 1.95. The van der Waals surface area contributed by atoms with Crippen molar-refractivity contribution in [3.05, 3.63) is 17.8 Å². The molecule has 1 aromatic heterocycles. The minimum Gasteiger partial charge on any atom is -0.323 e. The van der Waals surface area contributed by atoms with Gasteiger partial charge in [-0.3, -0.25) is 4.79 Å². The molecule has 1 amide bonds. The molecule has 3 nitrogen and oxygen atoms in total. The summed E-state index contributed by atoms with van der Waals surface area (Å²) in [6.07, 6.45) is 1.79. The van der Waals surface area contributed by atoms with Crippen molar-refractivity contribution in [2.75, 3.05) is 5.32 Å². The van der Waals surface area contributed by atoms with E-state index in [-0.39, 0.29) is 11.2 Å². The topological polar surface area (TPSA) is 42.0 Å². The van der Waals surface area contributed by atoms with E-state index in [0.29, 0.717) is 5.92 Å². The molecule has 1 aromatic rings. The van der Waals surface area contributed by atoms with Crippen LogP contribution in [0.5, 0.6) is 0 Å². The van der Waals surface area contributed by atoms with Crippen LogP contribution < -0.4 is 5.32 Å². The Morgan fingerprint density at radius 3 is 2.93 bits per heavy atom. The molecule has 0 aliphatic carbocycles. The fourth-order valence-electron chi connectivity index (χ4n) is 1.58. The van der Waals surface area contributed by atoms with Crippen molar-refractivity contribution in [1.29, 1.82) is 0 Å². The Labute approximate surface area is 93.7 Å². The molecule has 0 spiro atoms. The maximum Gasteiger partial charge on any atom is 0.238 e. The van der Waals surface area contributed by atoms with Crippen LogP contribution in [0.25, 0.3) is 0 Å². The Morgan fingerprint density at radius 2 is 2.27 bits per heavy atom. The Hall–Kier alpha value is -1.03. The van der Waals surface area contributed by atoms with Crippen molar-refractivity contribution in [1.82, 2.24) is 4.98 Å². The summed E-state index contributed by atoms with van der Waals surface area (Å²) in [4.78, 5) is 16.1. The molecule has 0 aromatic carbocycles. The number of hydrogen-bond acceptors (Lipinski definition) is 3. The van der Waals surface area contributed by atoms with Gasteiger partial charge in [-0.2, -0.15) is 0 Å². The molecule has 0 radical (unpaired) electrons. The molecule has 4 heteroatoms. The zero-order chi connectivity index (χ0) is 11.0. The van der Waals surface area contributed by atoms with Crippen molar-refractivity contribution in [3.8, 4) is 0 Å². The Balaban J connectivity index is 2.38. The van der Waals surface area contributed by atoms with Gasteiger partial charge in [0.25, 0.3) is 0 Å². The van der Waals surface area contributed by atoms with E-state index in [2.05, 4.69) is 24.1 Å². The second kappa shape index (κ2) is 3.85. The number of carbonyl (C=O) groups excluding carboxylic acids is 1. The minimum atomic E-state index is -0.0215. The first-order valence-electron chi connectivity index (χ1n) is 5.02. The van der Waals surface area contributed by atoms with Crippen molar-refractivity contribution >= 4 is 23.4 Å². The summed E-state index contributed by atoms with van der Waals surface area (Å²) in [6.45, 7) is 6.09. The molecule has 15 heavy (non-hydrogen) atoms. The van der Waals surface area contributed by atoms with Crippen LogP contribution in [0.2, 0.25) is 0 Å². The lowest BCUT2D eigenvalue weighted by molar-refractivity contribution is -0.116. The lowest BCUT2D eigenvalue weighted by Crippen LogP contribution is -2.33. The number of pyridine rings is 1. The van der Waals surface area contributed by atoms with Gasteiger partial charge in [-0.15, -0.1) is 0 Å². The van der Waals surface area contributed by atoms with Gasteiger partial charge in [0.15, 0.2) is 0 Å². The monoisotopic (exact) mass is 222 g/mol. The number of aromatic nitrogens is 1. The lowest BCUT2D eigenvalue weighted by Gasteiger charge is -2.26. The van der Waals surface area contributed by atoms with Gasteiger partial charge in [0, 0.05) is 6.20 Å². The number of hydrogen-bond donors (Lipinski definition) is 1. The molecular weight excluding hydrogens is 208 g/mol. The van der Waals surface area contributed by atoms with Crippen LogP contribution in [0.4, 0.5) is 5.69 Å². The standard InChI is InChI=1S/C11H14N2OS/c1-6(2)9-10(14)13-8-7(3)4-5-12-11(8)15-9/h4-6,9H,1-3H3,(H,13,14). The van der Waals surface area contributed by atoms with Gasteiger partial charge in [-0.25, -0.2) is 4.98 Å². The van der Waals surface area contributed by atoms with Gasteiger partial charge < -0.3 is 5.32 Å². The van der Waals surface area contributed by atoms with Crippen LogP contribution in [0, 0.1) is 12.8 Å². The van der Waals surface area contributed by atoms with Crippen LogP contribution in [-0.4, -0.2) is 16.1 Å². The summed E-state index contributed by atoms with van der Waals surface area (Å²) in [5, 5.41) is 3.85. The Kier molecular flexibility index (Phi) is 2.69. The highest BCUT2D eigenvalue weighted by Gasteiger charge is 2.30. The molecule has 0 fully saturated rings. The normalized spacial score (nSPS) is 20.0. The molecule has 0 saturated carbocycles. The predicted octanol–water partition coefficient (Wildman–Crippen LogP) is 2.46. The highest BCUT2D eigenvalue weighted by Crippen LogP contribution is 2.38. The molecule has 80 valence electrons. The van der Waals surface area contributed by atoms with Crippen molar-refractivity contribution in [3.63, 3.8) is 0 Å². The minimum absolute atomic E-state index is 0.0215. The molecule has 1 aliphatic rings. The highest BCUT2D eigenvalue weighted by molar-refractivity contribution is 8.00. The van der Waals surface area contributed by atoms with Crippen LogP contribution in [0.15, 0.2) is 17.3 Å². The zero-order valence-electron chi connectivity index (χ0n) is 9.07. The van der Waals surface area contributed by atoms with E-state index in [0.717, 1.165) is 16.3 Å². The first-order valence-corrected chi connectivity index (χ1v) is 5.90. The van der Waals surface area contributed by atoms with Gasteiger partial charge in [0.2, 0.25) is 5.91 Å². The summed E-state index contributed by atoms with van der Waals surface area (Å²) in [7, 11) is 0. The number of carbonyl (C=O) groups is 1. The fourth-order valence-corrected chi connectivity index (χ4v) is 2.71. The average Bonchev–Trinajstić information content (AvgIpc) is 2.18. The number of thioether (sulfide) groups is 1. The summed E-state index contributed by atoms with van der Waals surface area (Å²) in [5.74, 6) is 0.420. The van der Waals surface area contributed by atoms with Crippen LogP contribution in [0.3, 0.4) is 0 Å². The van der Waals surface area contributed by atoms with E-state index in [9.17, 15) is 4.79 Å². The molecule has 1 unspecified atom stereocenters. The van der Waals surface area contributed by atoms with Crippen LogP contribution in [0.1, 0.15) is 19.4 Å². The van der Waals surface area contributed by atoms with E-state index < -0.39 is 0 Å². The molecule has 1 N–H and O–H groups in total. The average molecular weight is 222 g/mol. The largest absolute Gasteiger partial charge is 0.323 e. The third kappa shape index (κ3) is 1.86. The van der Waals surface area contributed by atoms with Crippen molar-refractivity contribution in [2.45, 2.75) is 31.0 Å². The van der Waals surface area contributed by atoms with E-state index in [4.69, 9.17) is 0 Å². The second-order valence-corrected chi connectivity index (χ2v) is 5.21. The SMILES string of the molecule is Cc1ccnc2c1NC(=O)C(C(C)C)S2. The number of nitrogens with zero attached hydrogens (tertiary/aromatic N) is 1. The number of aryl methyl sites for hydroxylation is 1. The van der Waals surface area contributed by atoms with Gasteiger partial charge in [-0.05, 0) is 24.5 Å². The third-order valence-corrected chi connectivity index (χ3v) is 4.02. The summed E-state index contributed by atoms with van der Waals surface area (Å²) in [6, 6.07) is 1.91. The first kappa shape index (κ1) is 10.5. The van der Waals surface area contributed by atoms with Gasteiger partial charge >= 0.3 is 0 Å². The number of amides is 1. The van der Waals surface area contributed by atoms with E-state index in [1.54, 1.807) is 18.0 Å². The summed E-state index contributed by atoms with van der Waals surface area (Å²) >= 11 is 1.56. The highest BCUT2D eigenvalue weighted by atomic mass is 32.2. The maximum absolute atomic E-state index is 11.8. The van der Waals surface area contributed by atoms with Crippen LogP contribution >= 0.6 is 11.8 Å². The second-order valence-electron chi connectivity index (χ2n) is 4.08. The zero-order valence-corrected chi connectivity index (χ0v) is 9.89. The first-order chi connectivity index (χ1) is 7.09.